The van der Waals surface area contributed by atoms with E-state index < -0.39 is 0 Å². The SMILES string of the molecule is CNC(=O)CCCSc1nc(N)c2ccsc2n1. The van der Waals surface area contributed by atoms with Gasteiger partial charge in [-0.2, -0.15) is 0 Å². The maximum atomic E-state index is 11.0. The van der Waals surface area contributed by atoms with Gasteiger partial charge in [0.25, 0.3) is 0 Å². The molecule has 0 saturated carbocycles. The highest BCUT2D eigenvalue weighted by Gasteiger charge is 2.07. The van der Waals surface area contributed by atoms with Crippen molar-refractivity contribution < 1.29 is 4.79 Å². The van der Waals surface area contributed by atoms with Crippen molar-refractivity contribution in [3.63, 3.8) is 0 Å². The summed E-state index contributed by atoms with van der Waals surface area (Å²) in [7, 11) is 1.64. The Morgan fingerprint density at radius 2 is 2.39 bits per heavy atom. The highest BCUT2D eigenvalue weighted by atomic mass is 32.2. The third-order valence-corrected chi connectivity index (χ3v) is 4.13. The molecule has 0 aliphatic heterocycles. The molecular formula is C11H14N4OS2. The Balaban J connectivity index is 1.93. The van der Waals surface area contributed by atoms with Crippen LogP contribution in [0.3, 0.4) is 0 Å². The van der Waals surface area contributed by atoms with Crippen LogP contribution in [-0.4, -0.2) is 28.7 Å². The van der Waals surface area contributed by atoms with E-state index in [1.54, 1.807) is 18.4 Å². The van der Waals surface area contributed by atoms with E-state index in [-0.39, 0.29) is 5.91 Å². The monoisotopic (exact) mass is 282 g/mol. The molecule has 0 saturated heterocycles. The van der Waals surface area contributed by atoms with Gasteiger partial charge in [-0.15, -0.1) is 11.3 Å². The maximum Gasteiger partial charge on any atom is 0.219 e. The second-order valence-corrected chi connectivity index (χ2v) is 5.61. The standard InChI is InChI=1S/C11H14N4OS2/c1-13-8(16)3-2-5-18-11-14-9(12)7-4-6-17-10(7)15-11/h4,6H,2-3,5H2,1H3,(H,13,16)(H2,12,14,15). The molecule has 2 aromatic rings. The number of carbonyl (C=O) groups is 1. The molecule has 0 aliphatic carbocycles. The first-order chi connectivity index (χ1) is 8.70. The van der Waals surface area contributed by atoms with Crippen LogP contribution in [0.25, 0.3) is 10.2 Å². The highest BCUT2D eigenvalue weighted by Crippen LogP contribution is 2.26. The van der Waals surface area contributed by atoms with E-state index in [9.17, 15) is 4.79 Å². The number of aromatic nitrogens is 2. The Morgan fingerprint density at radius 3 is 3.17 bits per heavy atom. The van der Waals surface area contributed by atoms with E-state index in [0.29, 0.717) is 17.4 Å². The van der Waals surface area contributed by atoms with Crippen molar-refractivity contribution in [2.24, 2.45) is 0 Å². The lowest BCUT2D eigenvalue weighted by molar-refractivity contribution is -0.120. The van der Waals surface area contributed by atoms with Crippen LogP contribution in [0.15, 0.2) is 16.6 Å². The van der Waals surface area contributed by atoms with E-state index in [4.69, 9.17) is 5.73 Å². The van der Waals surface area contributed by atoms with Gasteiger partial charge in [0.05, 0.1) is 5.39 Å². The van der Waals surface area contributed by atoms with Gasteiger partial charge in [-0.1, -0.05) is 11.8 Å². The average Bonchev–Trinajstić information content (AvgIpc) is 2.83. The number of anilines is 1. The minimum Gasteiger partial charge on any atom is -0.383 e. The maximum absolute atomic E-state index is 11.0. The third-order valence-electron chi connectivity index (χ3n) is 2.39. The van der Waals surface area contributed by atoms with Gasteiger partial charge in [-0.05, 0) is 17.9 Å². The van der Waals surface area contributed by atoms with Gasteiger partial charge in [-0.25, -0.2) is 9.97 Å². The number of thioether (sulfide) groups is 1. The zero-order chi connectivity index (χ0) is 13.0. The van der Waals surface area contributed by atoms with Crippen LogP contribution in [0.5, 0.6) is 0 Å². The van der Waals surface area contributed by atoms with Gasteiger partial charge in [0, 0.05) is 19.2 Å². The van der Waals surface area contributed by atoms with Crippen LogP contribution in [-0.2, 0) is 4.79 Å². The van der Waals surface area contributed by atoms with Crippen molar-refractivity contribution in [1.29, 1.82) is 0 Å². The summed E-state index contributed by atoms with van der Waals surface area (Å²) in [6.07, 6.45) is 1.33. The molecule has 0 fully saturated rings. The fraction of sp³-hybridized carbons (Fsp3) is 0.364. The molecule has 0 unspecified atom stereocenters. The molecule has 0 spiro atoms. The molecule has 2 heterocycles. The quantitative estimate of drug-likeness (QED) is 0.497. The van der Waals surface area contributed by atoms with E-state index in [0.717, 1.165) is 22.4 Å². The van der Waals surface area contributed by atoms with Gasteiger partial charge in [-0.3, -0.25) is 4.79 Å². The third kappa shape index (κ3) is 3.11. The molecule has 5 nitrogen and oxygen atoms in total. The zero-order valence-electron chi connectivity index (χ0n) is 9.97. The summed E-state index contributed by atoms with van der Waals surface area (Å²) in [5.41, 5.74) is 5.85. The van der Waals surface area contributed by atoms with E-state index in [1.165, 1.54) is 11.8 Å². The molecule has 2 rings (SSSR count). The number of nitrogens with two attached hydrogens (primary N) is 1. The van der Waals surface area contributed by atoms with Crippen molar-refractivity contribution >= 4 is 45.0 Å². The predicted molar refractivity (Wildman–Crippen MR) is 75.9 cm³/mol. The summed E-state index contributed by atoms with van der Waals surface area (Å²) < 4.78 is 0. The van der Waals surface area contributed by atoms with E-state index in [1.807, 2.05) is 11.4 Å². The summed E-state index contributed by atoms with van der Waals surface area (Å²) in [5.74, 6) is 1.39. The van der Waals surface area contributed by atoms with Crippen LogP contribution in [0, 0.1) is 0 Å². The number of nitrogens with zero attached hydrogens (tertiary/aromatic N) is 2. The smallest absolute Gasteiger partial charge is 0.219 e. The molecular weight excluding hydrogens is 268 g/mol. The first kappa shape index (κ1) is 13.1. The normalized spacial score (nSPS) is 10.7. The number of carbonyl (C=O) groups excluding carboxylic acids is 1. The van der Waals surface area contributed by atoms with Crippen LogP contribution < -0.4 is 11.1 Å². The van der Waals surface area contributed by atoms with Crippen molar-refractivity contribution in [3.05, 3.63) is 11.4 Å². The molecule has 96 valence electrons. The molecule has 7 heteroatoms. The first-order valence-corrected chi connectivity index (χ1v) is 7.41. The fourth-order valence-electron chi connectivity index (χ4n) is 1.44. The number of amides is 1. The number of thiophene rings is 1. The van der Waals surface area contributed by atoms with Crippen LogP contribution in [0.4, 0.5) is 5.82 Å². The van der Waals surface area contributed by atoms with Crippen molar-refractivity contribution in [2.45, 2.75) is 18.0 Å². The first-order valence-electron chi connectivity index (χ1n) is 5.55. The Bertz CT molecular complexity index is 555. The van der Waals surface area contributed by atoms with E-state index in [2.05, 4.69) is 15.3 Å². The number of rotatable bonds is 5. The Kier molecular flexibility index (Phi) is 4.38. The number of hydrogen-bond acceptors (Lipinski definition) is 6. The minimum atomic E-state index is 0.0599. The summed E-state index contributed by atoms with van der Waals surface area (Å²) in [6.45, 7) is 0. The van der Waals surface area contributed by atoms with Gasteiger partial charge < -0.3 is 11.1 Å². The Labute approximate surface area is 113 Å². The minimum absolute atomic E-state index is 0.0599. The second-order valence-electron chi connectivity index (χ2n) is 3.66. The lowest BCUT2D eigenvalue weighted by Crippen LogP contribution is -2.17. The summed E-state index contributed by atoms with van der Waals surface area (Å²) in [5, 5.41) is 6.14. The van der Waals surface area contributed by atoms with Crippen molar-refractivity contribution in [2.75, 3.05) is 18.5 Å². The summed E-state index contributed by atoms with van der Waals surface area (Å²) >= 11 is 3.08. The molecule has 0 radical (unpaired) electrons. The zero-order valence-corrected chi connectivity index (χ0v) is 11.6. The van der Waals surface area contributed by atoms with Gasteiger partial charge >= 0.3 is 0 Å². The molecule has 3 N–H and O–H groups in total. The fourth-order valence-corrected chi connectivity index (χ4v) is 3.06. The summed E-state index contributed by atoms with van der Waals surface area (Å²) in [4.78, 5) is 20.6. The van der Waals surface area contributed by atoms with Crippen LogP contribution in [0.2, 0.25) is 0 Å². The number of nitrogens with one attached hydrogen (secondary N) is 1. The van der Waals surface area contributed by atoms with Crippen LogP contribution in [0.1, 0.15) is 12.8 Å². The second kappa shape index (κ2) is 6.01. The number of hydrogen-bond donors (Lipinski definition) is 2. The predicted octanol–water partition coefficient (Wildman–Crippen LogP) is 1.89. The summed E-state index contributed by atoms with van der Waals surface area (Å²) in [6, 6.07) is 1.93. The van der Waals surface area contributed by atoms with Gasteiger partial charge in [0.1, 0.15) is 10.6 Å². The Hall–Kier alpha value is -1.34. The molecule has 1 amide bonds. The average molecular weight is 282 g/mol. The highest BCUT2D eigenvalue weighted by molar-refractivity contribution is 7.99. The number of nitrogen functional groups attached to an aromatic ring is 1. The molecule has 0 aromatic carbocycles. The Morgan fingerprint density at radius 1 is 1.56 bits per heavy atom. The topological polar surface area (TPSA) is 80.9 Å². The van der Waals surface area contributed by atoms with E-state index >= 15 is 0 Å². The lowest BCUT2D eigenvalue weighted by atomic mass is 10.3. The number of fused-ring (bicyclic) bond motifs is 1. The molecule has 0 atom stereocenters. The van der Waals surface area contributed by atoms with Crippen molar-refractivity contribution in [1.82, 2.24) is 15.3 Å². The van der Waals surface area contributed by atoms with Crippen molar-refractivity contribution in [3.8, 4) is 0 Å². The molecule has 18 heavy (non-hydrogen) atoms. The lowest BCUT2D eigenvalue weighted by Gasteiger charge is -2.02. The van der Waals surface area contributed by atoms with Crippen LogP contribution >= 0.6 is 23.1 Å². The molecule has 0 bridgehead atoms. The molecule has 0 aliphatic rings. The van der Waals surface area contributed by atoms with Gasteiger partial charge in [0.2, 0.25) is 5.91 Å². The largest absolute Gasteiger partial charge is 0.383 e. The molecule has 2 aromatic heterocycles. The van der Waals surface area contributed by atoms with Gasteiger partial charge in [0.15, 0.2) is 5.16 Å².